The van der Waals surface area contributed by atoms with Crippen LogP contribution in [-0.4, -0.2) is 23.8 Å². The van der Waals surface area contributed by atoms with Gasteiger partial charge in [0.1, 0.15) is 13.1 Å². The minimum absolute atomic E-state index is 0.0289. The van der Waals surface area contributed by atoms with Gasteiger partial charge in [-0.05, 0) is 0 Å². The van der Waals surface area contributed by atoms with Crippen molar-refractivity contribution in [3.63, 3.8) is 0 Å². The summed E-state index contributed by atoms with van der Waals surface area (Å²) in [6, 6.07) is 0. The van der Waals surface area contributed by atoms with E-state index in [9.17, 15) is 4.79 Å². The van der Waals surface area contributed by atoms with Crippen LogP contribution in [0.2, 0.25) is 5.15 Å². The molecule has 0 atom stereocenters. The molecule has 72 valence electrons. The molecule has 1 rings (SSSR count). The summed E-state index contributed by atoms with van der Waals surface area (Å²) in [6.07, 6.45) is 1.30. The molecule has 0 aromatic carbocycles. The fourth-order valence-electron chi connectivity index (χ4n) is 0.853. The quantitative estimate of drug-likeness (QED) is 0.674. The number of halogens is 1. The summed E-state index contributed by atoms with van der Waals surface area (Å²) in [5.41, 5.74) is -0.357. The Morgan fingerprint density at radius 2 is 2.31 bits per heavy atom. The standard InChI is InChI=1S/C7H9ClN2O3/c1-12-4-10-3-9-6(8)5(13-2)7(10)11/h3H,4H2,1-2H3. The third kappa shape index (κ3) is 1.99. The second kappa shape index (κ2) is 4.25. The highest BCUT2D eigenvalue weighted by molar-refractivity contribution is 6.30. The van der Waals surface area contributed by atoms with Gasteiger partial charge in [-0.3, -0.25) is 9.36 Å². The van der Waals surface area contributed by atoms with Gasteiger partial charge < -0.3 is 9.47 Å². The number of nitrogens with zero attached hydrogens (tertiary/aromatic N) is 2. The normalized spacial score (nSPS) is 10.1. The number of rotatable bonds is 3. The Morgan fingerprint density at radius 3 is 2.85 bits per heavy atom. The Morgan fingerprint density at radius 1 is 1.62 bits per heavy atom. The number of aromatic nitrogens is 2. The van der Waals surface area contributed by atoms with Gasteiger partial charge in [-0.2, -0.15) is 0 Å². The molecule has 0 aliphatic rings. The van der Waals surface area contributed by atoms with Crippen LogP contribution in [0.25, 0.3) is 0 Å². The van der Waals surface area contributed by atoms with E-state index in [4.69, 9.17) is 21.1 Å². The summed E-state index contributed by atoms with van der Waals surface area (Å²) in [6.45, 7) is 0.124. The highest BCUT2D eigenvalue weighted by Crippen LogP contribution is 2.14. The van der Waals surface area contributed by atoms with Gasteiger partial charge in [0, 0.05) is 7.11 Å². The van der Waals surface area contributed by atoms with Crippen LogP contribution in [0.3, 0.4) is 0 Å². The van der Waals surface area contributed by atoms with Gasteiger partial charge in [-0.15, -0.1) is 0 Å². The average molecular weight is 205 g/mol. The predicted molar refractivity (Wildman–Crippen MR) is 47.1 cm³/mol. The van der Waals surface area contributed by atoms with Crippen LogP contribution < -0.4 is 10.3 Å². The molecule has 0 N–H and O–H groups in total. The van der Waals surface area contributed by atoms with E-state index in [1.165, 1.54) is 25.1 Å². The topological polar surface area (TPSA) is 53.4 Å². The van der Waals surface area contributed by atoms with Gasteiger partial charge in [-0.1, -0.05) is 11.6 Å². The van der Waals surface area contributed by atoms with E-state index < -0.39 is 0 Å². The Balaban J connectivity index is 3.20. The second-order valence-electron chi connectivity index (χ2n) is 2.26. The molecule has 0 unspecified atom stereocenters. The van der Waals surface area contributed by atoms with E-state index >= 15 is 0 Å². The van der Waals surface area contributed by atoms with Crippen molar-refractivity contribution in [1.82, 2.24) is 9.55 Å². The van der Waals surface area contributed by atoms with Gasteiger partial charge in [0.15, 0.2) is 5.15 Å². The first-order valence-corrected chi connectivity index (χ1v) is 3.86. The lowest BCUT2D eigenvalue weighted by Gasteiger charge is -2.06. The van der Waals surface area contributed by atoms with Gasteiger partial charge in [0.2, 0.25) is 5.75 Å². The van der Waals surface area contributed by atoms with Crippen molar-refractivity contribution >= 4 is 11.6 Å². The lowest BCUT2D eigenvalue weighted by Crippen LogP contribution is -2.22. The SMILES string of the molecule is COCn1cnc(Cl)c(OC)c1=O. The Bertz CT molecular complexity index is 350. The van der Waals surface area contributed by atoms with Crippen molar-refractivity contribution in [3.8, 4) is 5.75 Å². The van der Waals surface area contributed by atoms with E-state index in [1.54, 1.807) is 0 Å². The molecule has 0 aliphatic carbocycles. The molecule has 1 aromatic heterocycles. The average Bonchev–Trinajstić information content (AvgIpc) is 2.11. The summed E-state index contributed by atoms with van der Waals surface area (Å²) in [4.78, 5) is 15.2. The summed E-state index contributed by atoms with van der Waals surface area (Å²) >= 11 is 5.61. The minimum Gasteiger partial charge on any atom is -0.489 e. The third-order valence-corrected chi connectivity index (χ3v) is 1.69. The molecule has 0 bridgehead atoms. The predicted octanol–water partition coefficient (Wildman–Crippen LogP) is 0.509. The molecule has 13 heavy (non-hydrogen) atoms. The zero-order valence-corrected chi connectivity index (χ0v) is 8.04. The van der Waals surface area contributed by atoms with E-state index in [-0.39, 0.29) is 23.2 Å². The summed E-state index contributed by atoms with van der Waals surface area (Å²) in [7, 11) is 2.84. The zero-order chi connectivity index (χ0) is 9.84. The van der Waals surface area contributed by atoms with Gasteiger partial charge in [0.05, 0.1) is 7.11 Å². The fraction of sp³-hybridized carbons (Fsp3) is 0.429. The van der Waals surface area contributed by atoms with Gasteiger partial charge in [-0.25, -0.2) is 4.98 Å². The lowest BCUT2D eigenvalue weighted by atomic mass is 10.6. The highest BCUT2D eigenvalue weighted by atomic mass is 35.5. The summed E-state index contributed by atoms with van der Waals surface area (Å²) in [5.74, 6) is 0.0289. The Labute approximate surface area is 79.9 Å². The molecule has 0 radical (unpaired) electrons. The maximum Gasteiger partial charge on any atom is 0.299 e. The van der Waals surface area contributed by atoms with Crippen LogP contribution in [0.1, 0.15) is 0 Å². The molecule has 5 nitrogen and oxygen atoms in total. The molecule has 6 heteroatoms. The van der Waals surface area contributed by atoms with Crippen LogP contribution in [-0.2, 0) is 11.5 Å². The summed E-state index contributed by atoms with van der Waals surface area (Å²) in [5, 5.41) is 0.0554. The van der Waals surface area contributed by atoms with Crippen molar-refractivity contribution in [2.24, 2.45) is 0 Å². The smallest absolute Gasteiger partial charge is 0.299 e. The molecule has 1 heterocycles. The monoisotopic (exact) mass is 204 g/mol. The lowest BCUT2D eigenvalue weighted by molar-refractivity contribution is 0.126. The van der Waals surface area contributed by atoms with Crippen LogP contribution in [0.5, 0.6) is 5.75 Å². The molecule has 0 spiro atoms. The van der Waals surface area contributed by atoms with E-state index in [2.05, 4.69) is 4.98 Å². The number of hydrogen-bond donors (Lipinski definition) is 0. The van der Waals surface area contributed by atoms with Crippen LogP contribution in [0.4, 0.5) is 0 Å². The highest BCUT2D eigenvalue weighted by Gasteiger charge is 2.09. The van der Waals surface area contributed by atoms with E-state index in [1.807, 2.05) is 0 Å². The molecule has 0 aliphatic heterocycles. The van der Waals surface area contributed by atoms with Crippen molar-refractivity contribution in [2.75, 3.05) is 14.2 Å². The first-order valence-electron chi connectivity index (χ1n) is 3.48. The second-order valence-corrected chi connectivity index (χ2v) is 2.62. The summed E-state index contributed by atoms with van der Waals surface area (Å²) < 4.78 is 10.8. The van der Waals surface area contributed by atoms with E-state index in [0.717, 1.165) is 0 Å². The third-order valence-electron chi connectivity index (χ3n) is 1.43. The molecular formula is C7H9ClN2O3. The molecule has 0 fully saturated rings. The van der Waals surface area contributed by atoms with Gasteiger partial charge in [0.25, 0.3) is 5.56 Å². The maximum atomic E-state index is 11.4. The molecule has 1 aromatic rings. The molecule has 0 saturated carbocycles. The number of hydrogen-bond acceptors (Lipinski definition) is 4. The first kappa shape index (κ1) is 10.0. The van der Waals surface area contributed by atoms with E-state index in [0.29, 0.717) is 0 Å². The fourth-order valence-corrected chi connectivity index (χ4v) is 1.05. The van der Waals surface area contributed by atoms with Crippen LogP contribution in [0, 0.1) is 0 Å². The van der Waals surface area contributed by atoms with Crippen molar-refractivity contribution in [3.05, 3.63) is 21.8 Å². The maximum absolute atomic E-state index is 11.4. The zero-order valence-electron chi connectivity index (χ0n) is 7.28. The van der Waals surface area contributed by atoms with Gasteiger partial charge >= 0.3 is 0 Å². The molecule has 0 amide bonds. The molecular weight excluding hydrogens is 196 g/mol. The number of methoxy groups -OCH3 is 2. The minimum atomic E-state index is -0.357. The first-order chi connectivity index (χ1) is 6.20. The number of ether oxygens (including phenoxy) is 2. The van der Waals surface area contributed by atoms with Crippen molar-refractivity contribution in [2.45, 2.75) is 6.73 Å². The molecule has 0 saturated heterocycles. The van der Waals surface area contributed by atoms with Crippen molar-refractivity contribution in [1.29, 1.82) is 0 Å². The van der Waals surface area contributed by atoms with Crippen LogP contribution in [0.15, 0.2) is 11.1 Å². The Hall–Kier alpha value is -1.07. The van der Waals surface area contributed by atoms with Crippen molar-refractivity contribution < 1.29 is 9.47 Å². The Kier molecular flexibility index (Phi) is 3.27. The van der Waals surface area contributed by atoms with Crippen LogP contribution >= 0.6 is 11.6 Å². The largest absolute Gasteiger partial charge is 0.489 e.